The first-order valence-electron chi connectivity index (χ1n) is 6.27. The SMILES string of the molecule is CCNc1nc(Cl)nc(N(CCO)C2CCC2)n1. The third kappa shape index (κ3) is 3.00. The predicted molar refractivity (Wildman–Crippen MR) is 71.1 cm³/mol. The first-order valence-corrected chi connectivity index (χ1v) is 6.65. The number of halogens is 1. The third-order valence-corrected chi connectivity index (χ3v) is 3.21. The summed E-state index contributed by atoms with van der Waals surface area (Å²) in [5.74, 6) is 1.03. The Balaban J connectivity index is 2.22. The van der Waals surface area contributed by atoms with Gasteiger partial charge in [-0.1, -0.05) is 0 Å². The number of aliphatic hydroxyl groups excluding tert-OH is 1. The largest absolute Gasteiger partial charge is 0.395 e. The molecule has 18 heavy (non-hydrogen) atoms. The maximum atomic E-state index is 9.15. The molecule has 1 aliphatic rings. The fourth-order valence-corrected chi connectivity index (χ4v) is 2.11. The number of hydrogen-bond acceptors (Lipinski definition) is 6. The Morgan fingerprint density at radius 1 is 1.39 bits per heavy atom. The average Bonchev–Trinajstić information content (AvgIpc) is 2.25. The molecule has 1 heterocycles. The van der Waals surface area contributed by atoms with Gasteiger partial charge in [-0.15, -0.1) is 0 Å². The number of nitrogens with zero attached hydrogens (tertiary/aromatic N) is 4. The number of aromatic nitrogens is 3. The van der Waals surface area contributed by atoms with Gasteiger partial charge >= 0.3 is 0 Å². The van der Waals surface area contributed by atoms with Gasteiger partial charge in [0, 0.05) is 19.1 Å². The van der Waals surface area contributed by atoms with E-state index >= 15 is 0 Å². The lowest BCUT2D eigenvalue weighted by molar-refractivity contribution is 0.282. The van der Waals surface area contributed by atoms with Crippen LogP contribution in [0, 0.1) is 0 Å². The summed E-state index contributed by atoms with van der Waals surface area (Å²) in [6.07, 6.45) is 3.44. The van der Waals surface area contributed by atoms with Crippen molar-refractivity contribution >= 4 is 23.5 Å². The Bertz CT molecular complexity index is 399. The molecule has 0 aliphatic heterocycles. The van der Waals surface area contributed by atoms with E-state index in [0.717, 1.165) is 19.4 Å². The number of nitrogens with one attached hydrogen (secondary N) is 1. The highest BCUT2D eigenvalue weighted by atomic mass is 35.5. The van der Waals surface area contributed by atoms with Crippen molar-refractivity contribution in [2.24, 2.45) is 0 Å². The molecule has 0 spiro atoms. The van der Waals surface area contributed by atoms with Crippen LogP contribution >= 0.6 is 11.6 Å². The van der Waals surface area contributed by atoms with E-state index in [1.165, 1.54) is 6.42 Å². The number of aliphatic hydroxyl groups is 1. The standard InChI is InChI=1S/C11H18ClN5O/c1-2-13-10-14-9(12)15-11(16-10)17(6-7-18)8-4-3-5-8/h8,18H,2-7H2,1H3,(H,13,14,15,16). The van der Waals surface area contributed by atoms with Crippen molar-refractivity contribution in [3.05, 3.63) is 5.28 Å². The van der Waals surface area contributed by atoms with E-state index in [1.807, 2.05) is 11.8 Å². The molecule has 6 nitrogen and oxygen atoms in total. The van der Waals surface area contributed by atoms with Crippen LogP contribution in [0.25, 0.3) is 0 Å². The second-order valence-electron chi connectivity index (χ2n) is 4.26. The summed E-state index contributed by atoms with van der Waals surface area (Å²) in [7, 11) is 0. The number of anilines is 2. The summed E-state index contributed by atoms with van der Waals surface area (Å²) < 4.78 is 0. The van der Waals surface area contributed by atoms with Gasteiger partial charge in [-0.05, 0) is 37.8 Å². The second kappa shape index (κ2) is 6.15. The first-order chi connectivity index (χ1) is 8.74. The highest BCUT2D eigenvalue weighted by molar-refractivity contribution is 6.28. The monoisotopic (exact) mass is 271 g/mol. The van der Waals surface area contributed by atoms with Crippen LogP contribution in [0.1, 0.15) is 26.2 Å². The molecule has 0 radical (unpaired) electrons. The Labute approximate surface area is 111 Å². The summed E-state index contributed by atoms with van der Waals surface area (Å²) in [4.78, 5) is 14.5. The minimum Gasteiger partial charge on any atom is -0.395 e. The molecule has 0 aromatic carbocycles. The number of hydrogen-bond donors (Lipinski definition) is 2. The van der Waals surface area contributed by atoms with E-state index in [4.69, 9.17) is 16.7 Å². The zero-order chi connectivity index (χ0) is 13.0. The van der Waals surface area contributed by atoms with Gasteiger partial charge in [-0.2, -0.15) is 15.0 Å². The van der Waals surface area contributed by atoms with Crippen LogP contribution < -0.4 is 10.2 Å². The molecule has 2 rings (SSSR count). The normalized spacial score (nSPS) is 15.3. The minimum absolute atomic E-state index is 0.0797. The molecule has 2 N–H and O–H groups in total. The third-order valence-electron chi connectivity index (χ3n) is 3.04. The lowest BCUT2D eigenvalue weighted by atomic mass is 9.92. The zero-order valence-electron chi connectivity index (χ0n) is 10.4. The first kappa shape index (κ1) is 13.3. The molecule has 1 aromatic heterocycles. The lowest BCUT2D eigenvalue weighted by Crippen LogP contribution is -2.43. The maximum Gasteiger partial charge on any atom is 0.231 e. The van der Waals surface area contributed by atoms with Crippen LogP contribution in [-0.2, 0) is 0 Å². The molecule has 0 bridgehead atoms. The molecule has 0 atom stereocenters. The van der Waals surface area contributed by atoms with Crippen LogP contribution in [0.4, 0.5) is 11.9 Å². The van der Waals surface area contributed by atoms with E-state index < -0.39 is 0 Å². The van der Waals surface area contributed by atoms with Gasteiger partial charge in [-0.3, -0.25) is 0 Å². The molecule has 1 fully saturated rings. The number of rotatable bonds is 6. The summed E-state index contributed by atoms with van der Waals surface area (Å²) in [6, 6.07) is 0.407. The Hall–Kier alpha value is -1.14. The molecular formula is C11H18ClN5O. The molecule has 1 aliphatic carbocycles. The van der Waals surface area contributed by atoms with Crippen molar-refractivity contribution in [2.75, 3.05) is 29.9 Å². The van der Waals surface area contributed by atoms with E-state index in [0.29, 0.717) is 24.5 Å². The molecule has 1 aromatic rings. The van der Waals surface area contributed by atoms with Crippen molar-refractivity contribution in [2.45, 2.75) is 32.2 Å². The van der Waals surface area contributed by atoms with Gasteiger partial charge in [-0.25, -0.2) is 0 Å². The lowest BCUT2D eigenvalue weighted by Gasteiger charge is -2.37. The van der Waals surface area contributed by atoms with Crippen LogP contribution in [0.3, 0.4) is 0 Å². The highest BCUT2D eigenvalue weighted by Gasteiger charge is 2.27. The van der Waals surface area contributed by atoms with Crippen LogP contribution in [0.15, 0.2) is 0 Å². The van der Waals surface area contributed by atoms with E-state index in [9.17, 15) is 0 Å². The van der Waals surface area contributed by atoms with Gasteiger partial charge < -0.3 is 15.3 Å². The highest BCUT2D eigenvalue weighted by Crippen LogP contribution is 2.28. The molecule has 0 amide bonds. The maximum absolute atomic E-state index is 9.15. The Morgan fingerprint density at radius 2 is 2.17 bits per heavy atom. The van der Waals surface area contributed by atoms with Crippen molar-refractivity contribution < 1.29 is 5.11 Å². The summed E-state index contributed by atoms with van der Waals surface area (Å²) in [5.41, 5.74) is 0. The van der Waals surface area contributed by atoms with E-state index in [1.54, 1.807) is 0 Å². The zero-order valence-corrected chi connectivity index (χ0v) is 11.2. The van der Waals surface area contributed by atoms with Crippen molar-refractivity contribution in [1.82, 2.24) is 15.0 Å². The topological polar surface area (TPSA) is 74.2 Å². The Kier molecular flexibility index (Phi) is 4.54. The van der Waals surface area contributed by atoms with Crippen LogP contribution in [0.5, 0.6) is 0 Å². The fourth-order valence-electron chi connectivity index (χ4n) is 1.96. The fraction of sp³-hybridized carbons (Fsp3) is 0.727. The smallest absolute Gasteiger partial charge is 0.231 e. The second-order valence-corrected chi connectivity index (χ2v) is 4.60. The van der Waals surface area contributed by atoms with Gasteiger partial charge in [0.15, 0.2) is 0 Å². The predicted octanol–water partition coefficient (Wildman–Crippen LogP) is 1.31. The Morgan fingerprint density at radius 3 is 2.72 bits per heavy atom. The van der Waals surface area contributed by atoms with Crippen LogP contribution in [0.2, 0.25) is 5.28 Å². The summed E-state index contributed by atoms with van der Waals surface area (Å²) in [5, 5.41) is 12.4. The van der Waals surface area contributed by atoms with Gasteiger partial charge in [0.1, 0.15) is 0 Å². The van der Waals surface area contributed by atoms with E-state index in [2.05, 4.69) is 20.3 Å². The van der Waals surface area contributed by atoms with Gasteiger partial charge in [0.2, 0.25) is 17.2 Å². The van der Waals surface area contributed by atoms with Gasteiger partial charge in [0.25, 0.3) is 0 Å². The minimum atomic E-state index is 0.0797. The molecule has 100 valence electrons. The van der Waals surface area contributed by atoms with Gasteiger partial charge in [0.05, 0.1) is 6.61 Å². The average molecular weight is 272 g/mol. The molecule has 7 heteroatoms. The molecule has 1 saturated carbocycles. The van der Waals surface area contributed by atoms with Crippen molar-refractivity contribution in [3.63, 3.8) is 0 Å². The van der Waals surface area contributed by atoms with Crippen molar-refractivity contribution in [3.8, 4) is 0 Å². The van der Waals surface area contributed by atoms with Crippen LogP contribution in [-0.4, -0.2) is 45.8 Å². The van der Waals surface area contributed by atoms with Crippen molar-refractivity contribution in [1.29, 1.82) is 0 Å². The quantitative estimate of drug-likeness (QED) is 0.813. The summed E-state index contributed by atoms with van der Waals surface area (Å²) in [6.45, 7) is 3.30. The summed E-state index contributed by atoms with van der Waals surface area (Å²) >= 11 is 5.90. The van der Waals surface area contributed by atoms with E-state index in [-0.39, 0.29) is 11.9 Å². The molecular weight excluding hydrogens is 254 g/mol. The molecule has 0 unspecified atom stereocenters. The molecule has 0 saturated heterocycles.